The zero-order chi connectivity index (χ0) is 10.2. The Balaban J connectivity index is 2.03. The van der Waals surface area contributed by atoms with E-state index in [1.165, 1.54) is 45.2 Å². The van der Waals surface area contributed by atoms with Gasteiger partial charge in [0.05, 0.1) is 6.10 Å². The van der Waals surface area contributed by atoms with E-state index in [0.29, 0.717) is 6.04 Å². The Kier molecular flexibility index (Phi) is 2.85. The van der Waals surface area contributed by atoms with Gasteiger partial charge >= 0.3 is 0 Å². The third kappa shape index (κ3) is 1.82. The predicted molar refractivity (Wildman–Crippen MR) is 58.2 cm³/mol. The molecule has 2 fully saturated rings. The molecular formula is C12H23NO. The first-order valence-electron chi connectivity index (χ1n) is 6.03. The van der Waals surface area contributed by atoms with Crippen LogP contribution in [0.15, 0.2) is 0 Å². The van der Waals surface area contributed by atoms with Gasteiger partial charge in [0.25, 0.3) is 0 Å². The molecule has 1 N–H and O–H groups in total. The number of hydrogen-bond acceptors (Lipinski definition) is 2. The van der Waals surface area contributed by atoms with Crippen LogP contribution in [0.2, 0.25) is 0 Å². The van der Waals surface area contributed by atoms with Gasteiger partial charge in [-0.2, -0.15) is 0 Å². The maximum atomic E-state index is 10.3. The second kappa shape index (κ2) is 3.82. The fraction of sp³-hybridized carbons (Fsp3) is 1.00. The topological polar surface area (TPSA) is 23.5 Å². The van der Waals surface area contributed by atoms with Gasteiger partial charge in [0.15, 0.2) is 0 Å². The fourth-order valence-corrected chi connectivity index (χ4v) is 3.05. The van der Waals surface area contributed by atoms with Crippen molar-refractivity contribution in [1.29, 1.82) is 0 Å². The Morgan fingerprint density at radius 1 is 1.14 bits per heavy atom. The molecular weight excluding hydrogens is 174 g/mol. The summed E-state index contributed by atoms with van der Waals surface area (Å²) in [5.74, 6) is 0. The number of nitrogens with zero attached hydrogens (tertiary/aromatic N) is 1. The lowest BCUT2D eigenvalue weighted by atomic mass is 9.72. The Morgan fingerprint density at radius 3 is 2.43 bits per heavy atom. The number of hydrogen-bond donors (Lipinski definition) is 1. The average Bonchev–Trinajstić information content (AvgIpc) is 2.62. The van der Waals surface area contributed by atoms with Crippen LogP contribution in [-0.2, 0) is 0 Å². The van der Waals surface area contributed by atoms with Crippen molar-refractivity contribution in [3.05, 3.63) is 0 Å². The number of aliphatic hydroxyl groups excluding tert-OH is 1. The Bertz CT molecular complexity index is 196. The van der Waals surface area contributed by atoms with Crippen molar-refractivity contribution in [3.63, 3.8) is 0 Å². The summed E-state index contributed by atoms with van der Waals surface area (Å²) in [5.41, 5.74) is 0.130. The Hall–Kier alpha value is -0.0800. The Morgan fingerprint density at radius 2 is 1.79 bits per heavy atom. The van der Waals surface area contributed by atoms with Crippen LogP contribution in [0.25, 0.3) is 0 Å². The van der Waals surface area contributed by atoms with E-state index in [0.717, 1.165) is 0 Å². The summed E-state index contributed by atoms with van der Waals surface area (Å²) in [6.45, 7) is 6.83. The molecule has 0 aromatic heterocycles. The van der Waals surface area contributed by atoms with Gasteiger partial charge in [-0.1, -0.05) is 20.3 Å². The van der Waals surface area contributed by atoms with Crippen molar-refractivity contribution >= 4 is 0 Å². The lowest BCUT2D eigenvalue weighted by Gasteiger charge is -2.44. The lowest BCUT2D eigenvalue weighted by Crippen LogP contribution is -2.51. The van der Waals surface area contributed by atoms with Crippen LogP contribution in [0.4, 0.5) is 0 Å². The molecule has 1 heterocycles. The molecule has 0 bridgehead atoms. The largest absolute Gasteiger partial charge is 0.391 e. The van der Waals surface area contributed by atoms with Gasteiger partial charge in [-0.15, -0.1) is 0 Å². The summed E-state index contributed by atoms with van der Waals surface area (Å²) in [4.78, 5) is 2.51. The first-order valence-corrected chi connectivity index (χ1v) is 6.03. The third-order valence-corrected chi connectivity index (χ3v) is 4.10. The van der Waals surface area contributed by atoms with Crippen molar-refractivity contribution in [1.82, 2.24) is 4.90 Å². The fourth-order valence-electron chi connectivity index (χ4n) is 3.05. The van der Waals surface area contributed by atoms with Gasteiger partial charge in [-0.25, -0.2) is 0 Å². The quantitative estimate of drug-likeness (QED) is 0.695. The molecule has 82 valence electrons. The summed E-state index contributed by atoms with van der Waals surface area (Å²) in [6.07, 6.45) is 6.19. The van der Waals surface area contributed by atoms with Gasteiger partial charge in [-0.3, -0.25) is 4.90 Å². The zero-order valence-corrected chi connectivity index (χ0v) is 9.50. The summed E-state index contributed by atoms with van der Waals surface area (Å²) in [7, 11) is 0. The van der Waals surface area contributed by atoms with Crippen molar-refractivity contribution in [3.8, 4) is 0 Å². The molecule has 1 aliphatic heterocycles. The maximum absolute atomic E-state index is 10.3. The van der Waals surface area contributed by atoms with Gasteiger partial charge < -0.3 is 5.11 Å². The van der Waals surface area contributed by atoms with Gasteiger partial charge in [0, 0.05) is 6.04 Å². The summed E-state index contributed by atoms with van der Waals surface area (Å²) in [5, 5.41) is 10.3. The van der Waals surface area contributed by atoms with Crippen LogP contribution in [0.1, 0.15) is 46.0 Å². The van der Waals surface area contributed by atoms with E-state index in [9.17, 15) is 5.11 Å². The van der Waals surface area contributed by atoms with Crippen LogP contribution < -0.4 is 0 Å². The normalized spacial score (nSPS) is 38.8. The molecule has 2 rings (SSSR count). The molecule has 0 radical (unpaired) electrons. The maximum Gasteiger partial charge on any atom is 0.0746 e. The average molecular weight is 197 g/mol. The van der Waals surface area contributed by atoms with Crippen LogP contribution in [0, 0.1) is 5.41 Å². The highest BCUT2D eigenvalue weighted by molar-refractivity contribution is 4.94. The smallest absolute Gasteiger partial charge is 0.0746 e. The lowest BCUT2D eigenvalue weighted by molar-refractivity contribution is -0.0510. The second-order valence-electron chi connectivity index (χ2n) is 5.64. The minimum atomic E-state index is -0.116. The molecule has 2 nitrogen and oxygen atoms in total. The summed E-state index contributed by atoms with van der Waals surface area (Å²) >= 11 is 0. The highest BCUT2D eigenvalue weighted by Crippen LogP contribution is 2.38. The minimum Gasteiger partial charge on any atom is -0.391 e. The molecule has 2 unspecified atom stereocenters. The molecule has 2 heteroatoms. The molecule has 2 atom stereocenters. The molecule has 2 aliphatic rings. The van der Waals surface area contributed by atoms with E-state index >= 15 is 0 Å². The zero-order valence-electron chi connectivity index (χ0n) is 9.50. The molecule has 1 saturated heterocycles. The van der Waals surface area contributed by atoms with E-state index in [1.807, 2.05) is 0 Å². The molecule has 0 amide bonds. The monoisotopic (exact) mass is 197 g/mol. The summed E-state index contributed by atoms with van der Waals surface area (Å²) < 4.78 is 0. The van der Waals surface area contributed by atoms with Crippen molar-refractivity contribution in [2.75, 3.05) is 13.1 Å². The Labute approximate surface area is 87.3 Å². The molecule has 1 aliphatic carbocycles. The molecule has 14 heavy (non-hydrogen) atoms. The van der Waals surface area contributed by atoms with Crippen LogP contribution in [0.5, 0.6) is 0 Å². The van der Waals surface area contributed by atoms with Crippen LogP contribution in [0.3, 0.4) is 0 Å². The van der Waals surface area contributed by atoms with Crippen molar-refractivity contribution in [2.45, 2.75) is 58.1 Å². The van der Waals surface area contributed by atoms with Crippen LogP contribution >= 0.6 is 0 Å². The van der Waals surface area contributed by atoms with E-state index in [2.05, 4.69) is 18.7 Å². The van der Waals surface area contributed by atoms with E-state index in [1.54, 1.807) is 0 Å². The first-order chi connectivity index (χ1) is 6.61. The van der Waals surface area contributed by atoms with Gasteiger partial charge in [0.2, 0.25) is 0 Å². The van der Waals surface area contributed by atoms with Gasteiger partial charge in [-0.05, 0) is 44.2 Å². The second-order valence-corrected chi connectivity index (χ2v) is 5.64. The van der Waals surface area contributed by atoms with Crippen molar-refractivity contribution < 1.29 is 5.11 Å². The molecule has 0 aromatic carbocycles. The molecule has 1 saturated carbocycles. The minimum absolute atomic E-state index is 0.116. The van der Waals surface area contributed by atoms with Crippen molar-refractivity contribution in [2.24, 2.45) is 5.41 Å². The third-order valence-electron chi connectivity index (χ3n) is 4.10. The van der Waals surface area contributed by atoms with E-state index in [-0.39, 0.29) is 11.5 Å². The highest BCUT2D eigenvalue weighted by atomic mass is 16.3. The number of likely N-dealkylation sites (tertiary alicyclic amines) is 1. The SMILES string of the molecule is CC1(C)CCCC(N2CCCC2)C1O. The number of rotatable bonds is 1. The standard InChI is InChI=1S/C12H23NO/c1-12(2)7-5-6-10(11(12)14)13-8-3-4-9-13/h10-11,14H,3-9H2,1-2H3. The summed E-state index contributed by atoms with van der Waals surface area (Å²) in [6, 6.07) is 0.446. The highest BCUT2D eigenvalue weighted by Gasteiger charge is 2.40. The molecule has 0 spiro atoms. The predicted octanol–water partition coefficient (Wildman–Crippen LogP) is 2.02. The van der Waals surface area contributed by atoms with Gasteiger partial charge in [0.1, 0.15) is 0 Å². The number of aliphatic hydroxyl groups is 1. The molecule has 0 aromatic rings. The van der Waals surface area contributed by atoms with E-state index in [4.69, 9.17) is 0 Å². The van der Waals surface area contributed by atoms with Crippen LogP contribution in [-0.4, -0.2) is 35.2 Å². The van der Waals surface area contributed by atoms with E-state index < -0.39 is 0 Å². The first kappa shape index (κ1) is 10.4.